The highest BCUT2D eigenvalue weighted by Gasteiger charge is 2.23. The van der Waals surface area contributed by atoms with Gasteiger partial charge >= 0.3 is 0 Å². The molecular weight excluding hydrogens is 232 g/mol. The SMILES string of the molecule is NC(Cc1ccccn1)c1ccccc1C1CCC1. The number of rotatable bonds is 4. The molecule has 0 amide bonds. The zero-order valence-electron chi connectivity index (χ0n) is 11.1. The Bertz CT molecular complexity index is 532. The highest BCUT2D eigenvalue weighted by Crippen LogP contribution is 2.39. The molecule has 0 aliphatic heterocycles. The second-order valence-corrected chi connectivity index (χ2v) is 5.39. The van der Waals surface area contributed by atoms with Gasteiger partial charge in [-0.25, -0.2) is 0 Å². The summed E-state index contributed by atoms with van der Waals surface area (Å²) >= 11 is 0. The van der Waals surface area contributed by atoms with Crippen molar-refractivity contribution in [1.82, 2.24) is 4.98 Å². The van der Waals surface area contributed by atoms with Crippen LogP contribution in [0.4, 0.5) is 0 Å². The van der Waals surface area contributed by atoms with Gasteiger partial charge in [-0.2, -0.15) is 0 Å². The Kier molecular flexibility index (Phi) is 3.60. The lowest BCUT2D eigenvalue weighted by Crippen LogP contribution is -2.19. The van der Waals surface area contributed by atoms with Gasteiger partial charge in [0.1, 0.15) is 0 Å². The molecule has 2 nitrogen and oxygen atoms in total. The van der Waals surface area contributed by atoms with Gasteiger partial charge in [-0.05, 0) is 42.0 Å². The molecule has 1 aromatic carbocycles. The zero-order valence-corrected chi connectivity index (χ0v) is 11.1. The molecule has 19 heavy (non-hydrogen) atoms. The van der Waals surface area contributed by atoms with Crippen molar-refractivity contribution < 1.29 is 0 Å². The lowest BCUT2D eigenvalue weighted by molar-refractivity contribution is 0.415. The van der Waals surface area contributed by atoms with E-state index in [1.165, 1.54) is 30.4 Å². The Labute approximate surface area is 114 Å². The minimum atomic E-state index is 0.0479. The first kappa shape index (κ1) is 12.4. The van der Waals surface area contributed by atoms with E-state index in [0.717, 1.165) is 18.0 Å². The van der Waals surface area contributed by atoms with Gasteiger partial charge in [0.15, 0.2) is 0 Å². The molecule has 0 spiro atoms. The van der Waals surface area contributed by atoms with Crippen LogP contribution in [0.25, 0.3) is 0 Å². The number of aromatic nitrogens is 1. The molecule has 2 N–H and O–H groups in total. The summed E-state index contributed by atoms with van der Waals surface area (Å²) in [5.41, 5.74) is 10.2. The minimum Gasteiger partial charge on any atom is -0.324 e. The van der Waals surface area contributed by atoms with Gasteiger partial charge < -0.3 is 5.73 Å². The molecule has 1 aliphatic rings. The van der Waals surface area contributed by atoms with Crippen LogP contribution in [-0.4, -0.2) is 4.98 Å². The van der Waals surface area contributed by atoms with Gasteiger partial charge in [-0.3, -0.25) is 4.98 Å². The fourth-order valence-electron chi connectivity index (χ4n) is 2.79. The van der Waals surface area contributed by atoms with E-state index in [-0.39, 0.29) is 6.04 Å². The number of hydrogen-bond acceptors (Lipinski definition) is 2. The Hall–Kier alpha value is -1.67. The monoisotopic (exact) mass is 252 g/mol. The average Bonchev–Trinajstić information content (AvgIpc) is 2.38. The first-order valence-electron chi connectivity index (χ1n) is 7.09. The maximum absolute atomic E-state index is 6.40. The van der Waals surface area contributed by atoms with Crippen LogP contribution in [0.15, 0.2) is 48.7 Å². The summed E-state index contributed by atoms with van der Waals surface area (Å²) in [6.07, 6.45) is 6.62. The highest BCUT2D eigenvalue weighted by atomic mass is 14.7. The van der Waals surface area contributed by atoms with E-state index in [2.05, 4.69) is 29.2 Å². The lowest BCUT2D eigenvalue weighted by atomic mass is 9.77. The summed E-state index contributed by atoms with van der Waals surface area (Å²) in [5.74, 6) is 0.728. The van der Waals surface area contributed by atoms with Gasteiger partial charge in [-0.1, -0.05) is 36.8 Å². The molecule has 1 aliphatic carbocycles. The quantitative estimate of drug-likeness (QED) is 0.903. The summed E-state index contributed by atoms with van der Waals surface area (Å²) in [7, 11) is 0. The van der Waals surface area contributed by atoms with E-state index in [4.69, 9.17) is 5.73 Å². The zero-order chi connectivity index (χ0) is 13.1. The number of pyridine rings is 1. The molecule has 1 aromatic heterocycles. The fraction of sp³-hybridized carbons (Fsp3) is 0.353. The molecule has 3 rings (SSSR count). The van der Waals surface area contributed by atoms with Crippen LogP contribution in [0.2, 0.25) is 0 Å². The average molecular weight is 252 g/mol. The van der Waals surface area contributed by atoms with E-state index < -0.39 is 0 Å². The molecule has 2 heteroatoms. The van der Waals surface area contributed by atoms with Crippen LogP contribution in [0.1, 0.15) is 48.0 Å². The van der Waals surface area contributed by atoms with Crippen molar-refractivity contribution in [1.29, 1.82) is 0 Å². The lowest BCUT2D eigenvalue weighted by Gasteiger charge is -2.29. The Morgan fingerprint density at radius 1 is 1.11 bits per heavy atom. The van der Waals surface area contributed by atoms with Crippen LogP contribution in [0.3, 0.4) is 0 Å². The van der Waals surface area contributed by atoms with Gasteiger partial charge in [0.05, 0.1) is 0 Å². The summed E-state index contributed by atoms with van der Waals surface area (Å²) in [4.78, 5) is 4.37. The first-order valence-corrected chi connectivity index (χ1v) is 7.09. The van der Waals surface area contributed by atoms with Crippen LogP contribution < -0.4 is 5.73 Å². The standard InChI is InChI=1S/C17H20N2/c18-17(12-14-8-3-4-11-19-14)16-10-2-1-9-15(16)13-6-5-7-13/h1-4,8-11,13,17H,5-7,12,18H2. The van der Waals surface area contributed by atoms with Gasteiger partial charge in [0, 0.05) is 24.4 Å². The molecule has 1 saturated carbocycles. The van der Waals surface area contributed by atoms with Crippen molar-refractivity contribution in [2.75, 3.05) is 0 Å². The second-order valence-electron chi connectivity index (χ2n) is 5.39. The normalized spacial score (nSPS) is 16.9. The molecule has 1 fully saturated rings. The van der Waals surface area contributed by atoms with E-state index in [1.807, 2.05) is 24.4 Å². The van der Waals surface area contributed by atoms with Crippen LogP contribution in [-0.2, 0) is 6.42 Å². The molecule has 2 aromatic rings. The minimum absolute atomic E-state index is 0.0479. The van der Waals surface area contributed by atoms with Crippen LogP contribution in [0, 0.1) is 0 Å². The van der Waals surface area contributed by atoms with E-state index in [1.54, 1.807) is 0 Å². The van der Waals surface area contributed by atoms with Gasteiger partial charge in [0.25, 0.3) is 0 Å². The van der Waals surface area contributed by atoms with Gasteiger partial charge in [-0.15, -0.1) is 0 Å². The Morgan fingerprint density at radius 3 is 2.58 bits per heavy atom. The van der Waals surface area contributed by atoms with Crippen LogP contribution in [0.5, 0.6) is 0 Å². The largest absolute Gasteiger partial charge is 0.324 e. The van der Waals surface area contributed by atoms with Crippen molar-refractivity contribution in [3.8, 4) is 0 Å². The van der Waals surface area contributed by atoms with Crippen molar-refractivity contribution >= 4 is 0 Å². The maximum atomic E-state index is 6.40. The number of hydrogen-bond donors (Lipinski definition) is 1. The molecule has 1 heterocycles. The third-order valence-electron chi connectivity index (χ3n) is 4.10. The molecule has 98 valence electrons. The molecule has 0 radical (unpaired) electrons. The Balaban J connectivity index is 1.81. The first-order chi connectivity index (χ1) is 9.34. The predicted molar refractivity (Wildman–Crippen MR) is 77.9 cm³/mol. The predicted octanol–water partition coefficient (Wildman–Crippen LogP) is 3.59. The third kappa shape index (κ3) is 2.69. The van der Waals surface area contributed by atoms with Crippen molar-refractivity contribution in [3.05, 3.63) is 65.5 Å². The summed E-state index contributed by atoms with van der Waals surface area (Å²) < 4.78 is 0. The number of nitrogens with zero attached hydrogens (tertiary/aromatic N) is 1. The third-order valence-corrected chi connectivity index (χ3v) is 4.10. The highest BCUT2D eigenvalue weighted by molar-refractivity contribution is 5.34. The Morgan fingerprint density at radius 2 is 1.89 bits per heavy atom. The number of benzene rings is 1. The van der Waals surface area contributed by atoms with Crippen molar-refractivity contribution in [2.24, 2.45) is 5.73 Å². The molecule has 1 atom stereocenters. The molecule has 0 saturated heterocycles. The summed E-state index contributed by atoms with van der Waals surface area (Å²) in [6, 6.07) is 14.7. The molecular formula is C17H20N2. The van der Waals surface area contributed by atoms with Crippen molar-refractivity contribution in [2.45, 2.75) is 37.6 Å². The maximum Gasteiger partial charge on any atom is 0.0422 e. The molecule has 0 bridgehead atoms. The summed E-state index contributed by atoms with van der Waals surface area (Å²) in [6.45, 7) is 0. The number of nitrogens with two attached hydrogens (primary N) is 1. The smallest absolute Gasteiger partial charge is 0.0422 e. The van der Waals surface area contributed by atoms with E-state index in [0.29, 0.717) is 0 Å². The van der Waals surface area contributed by atoms with Crippen molar-refractivity contribution in [3.63, 3.8) is 0 Å². The second kappa shape index (κ2) is 5.54. The fourth-order valence-corrected chi connectivity index (χ4v) is 2.79. The van der Waals surface area contributed by atoms with Gasteiger partial charge in [0.2, 0.25) is 0 Å². The van der Waals surface area contributed by atoms with Crippen LogP contribution >= 0.6 is 0 Å². The van der Waals surface area contributed by atoms with E-state index in [9.17, 15) is 0 Å². The topological polar surface area (TPSA) is 38.9 Å². The van der Waals surface area contributed by atoms with E-state index >= 15 is 0 Å². The summed E-state index contributed by atoms with van der Waals surface area (Å²) in [5, 5.41) is 0. The molecule has 1 unspecified atom stereocenters.